The van der Waals surface area contributed by atoms with Gasteiger partial charge in [-0.15, -0.1) is 0 Å². The number of hydrogen-bond donors (Lipinski definition) is 1. The lowest BCUT2D eigenvalue weighted by Crippen LogP contribution is -2.52. The van der Waals surface area contributed by atoms with Gasteiger partial charge in [-0.05, 0) is 30.3 Å². The minimum Gasteiger partial charge on any atom is -0.497 e. The average Bonchev–Trinajstić information content (AvgIpc) is 3.50. The van der Waals surface area contributed by atoms with E-state index in [1.807, 2.05) is 48.3 Å². The molecule has 0 spiro atoms. The van der Waals surface area contributed by atoms with Crippen LogP contribution in [0.1, 0.15) is 18.4 Å². The fourth-order valence-corrected chi connectivity index (χ4v) is 4.26. The number of hydrogen-bond acceptors (Lipinski definition) is 7. The number of aryl methyl sites for hydroxylation is 1. The topological polar surface area (TPSA) is 83.7 Å². The van der Waals surface area contributed by atoms with Crippen LogP contribution in [0.4, 0.5) is 5.13 Å². The van der Waals surface area contributed by atoms with Crippen molar-refractivity contribution in [3.63, 3.8) is 0 Å². The molecule has 164 valence electrons. The molecule has 1 aromatic carbocycles. The summed E-state index contributed by atoms with van der Waals surface area (Å²) in [4.78, 5) is 13.7. The number of methoxy groups -OCH3 is 1. The van der Waals surface area contributed by atoms with Crippen molar-refractivity contribution in [1.29, 1.82) is 0 Å². The van der Waals surface area contributed by atoms with Crippen LogP contribution in [0.2, 0.25) is 0 Å². The molecule has 1 fully saturated rings. The van der Waals surface area contributed by atoms with E-state index in [1.54, 1.807) is 7.11 Å². The third-order valence-electron chi connectivity index (χ3n) is 5.24. The van der Waals surface area contributed by atoms with Crippen LogP contribution >= 0.6 is 11.5 Å². The molecular formula is C21H28N8OS. The van der Waals surface area contributed by atoms with Crippen LogP contribution in [0.25, 0.3) is 5.69 Å². The van der Waals surface area contributed by atoms with E-state index in [4.69, 9.17) is 4.74 Å². The summed E-state index contributed by atoms with van der Waals surface area (Å²) in [7, 11) is 3.49. The number of anilines is 1. The van der Waals surface area contributed by atoms with Gasteiger partial charge in [0.25, 0.3) is 0 Å². The molecule has 31 heavy (non-hydrogen) atoms. The zero-order valence-electron chi connectivity index (χ0n) is 18.2. The van der Waals surface area contributed by atoms with Crippen molar-refractivity contribution in [2.45, 2.75) is 19.9 Å². The van der Waals surface area contributed by atoms with Gasteiger partial charge in [0.2, 0.25) is 5.13 Å². The highest BCUT2D eigenvalue weighted by Crippen LogP contribution is 2.19. The highest BCUT2D eigenvalue weighted by Gasteiger charge is 2.22. The number of nitrogens with one attached hydrogen (secondary N) is 1. The van der Waals surface area contributed by atoms with Gasteiger partial charge in [-0.2, -0.15) is 9.47 Å². The molecule has 3 aromatic rings. The Bertz CT molecular complexity index is 1000. The molecule has 4 rings (SSSR count). The van der Waals surface area contributed by atoms with E-state index in [9.17, 15) is 0 Å². The molecule has 0 radical (unpaired) electrons. The molecule has 0 amide bonds. The van der Waals surface area contributed by atoms with Gasteiger partial charge in [0.05, 0.1) is 25.0 Å². The largest absolute Gasteiger partial charge is 0.497 e. The van der Waals surface area contributed by atoms with Gasteiger partial charge in [-0.3, -0.25) is 4.99 Å². The summed E-state index contributed by atoms with van der Waals surface area (Å²) in [5.41, 5.74) is 1.95. The second kappa shape index (κ2) is 9.78. The van der Waals surface area contributed by atoms with Crippen molar-refractivity contribution in [3.05, 3.63) is 48.0 Å². The standard InChI is InChI=1S/C21H28N8OS/c1-4-19-24-21(31-26-19)28-13-11-27(12-14-28)20(22-2)23-15-16-9-10-29(25-16)17-5-7-18(30-3)8-6-17/h5-10H,4,11-15H2,1-3H3,(H,22,23). The van der Waals surface area contributed by atoms with E-state index >= 15 is 0 Å². The monoisotopic (exact) mass is 440 g/mol. The van der Waals surface area contributed by atoms with Gasteiger partial charge in [0.1, 0.15) is 11.6 Å². The highest BCUT2D eigenvalue weighted by atomic mass is 32.1. The molecule has 10 heteroatoms. The van der Waals surface area contributed by atoms with E-state index in [-0.39, 0.29) is 0 Å². The molecule has 0 bridgehead atoms. The number of nitrogens with zero attached hydrogens (tertiary/aromatic N) is 7. The van der Waals surface area contributed by atoms with Gasteiger partial charge in [0, 0.05) is 57.4 Å². The third kappa shape index (κ3) is 4.96. The predicted molar refractivity (Wildman–Crippen MR) is 123 cm³/mol. The Morgan fingerprint density at radius 2 is 1.94 bits per heavy atom. The Morgan fingerprint density at radius 3 is 2.58 bits per heavy atom. The maximum atomic E-state index is 5.22. The Hall–Kier alpha value is -3.14. The zero-order valence-corrected chi connectivity index (χ0v) is 19.0. The van der Waals surface area contributed by atoms with Crippen LogP contribution in [0.15, 0.2) is 41.5 Å². The fourth-order valence-electron chi connectivity index (χ4n) is 3.46. The maximum Gasteiger partial charge on any atom is 0.205 e. The number of ether oxygens (including phenoxy) is 1. The van der Waals surface area contributed by atoms with Crippen LogP contribution in [-0.2, 0) is 13.0 Å². The van der Waals surface area contributed by atoms with Gasteiger partial charge in [0.15, 0.2) is 5.96 Å². The highest BCUT2D eigenvalue weighted by molar-refractivity contribution is 7.09. The minimum atomic E-state index is 0.617. The summed E-state index contributed by atoms with van der Waals surface area (Å²) < 4.78 is 11.5. The number of aliphatic imine (C=N–C) groups is 1. The molecule has 3 heterocycles. The van der Waals surface area contributed by atoms with Crippen LogP contribution in [0, 0.1) is 0 Å². The molecule has 0 saturated carbocycles. The lowest BCUT2D eigenvalue weighted by Gasteiger charge is -2.36. The molecule has 1 N–H and O–H groups in total. The van der Waals surface area contributed by atoms with E-state index in [2.05, 4.69) is 41.5 Å². The normalized spacial score (nSPS) is 14.7. The predicted octanol–water partition coefficient (Wildman–Crippen LogP) is 2.19. The van der Waals surface area contributed by atoms with Crippen LogP contribution in [0.3, 0.4) is 0 Å². The Kier molecular flexibility index (Phi) is 6.66. The van der Waals surface area contributed by atoms with Crippen molar-refractivity contribution in [3.8, 4) is 11.4 Å². The Balaban J connectivity index is 1.30. The smallest absolute Gasteiger partial charge is 0.205 e. The summed E-state index contributed by atoms with van der Waals surface area (Å²) in [6, 6.07) is 9.86. The lowest BCUT2D eigenvalue weighted by molar-refractivity contribution is 0.372. The van der Waals surface area contributed by atoms with Crippen molar-refractivity contribution >= 4 is 22.6 Å². The Morgan fingerprint density at radius 1 is 1.16 bits per heavy atom. The van der Waals surface area contributed by atoms with Gasteiger partial charge >= 0.3 is 0 Å². The maximum absolute atomic E-state index is 5.22. The first-order valence-corrected chi connectivity index (χ1v) is 11.2. The molecule has 1 aliphatic rings. The molecule has 9 nitrogen and oxygen atoms in total. The lowest BCUT2D eigenvalue weighted by atomic mass is 10.3. The van der Waals surface area contributed by atoms with E-state index in [0.29, 0.717) is 6.54 Å². The van der Waals surface area contributed by atoms with E-state index in [0.717, 1.165) is 66.6 Å². The summed E-state index contributed by atoms with van der Waals surface area (Å²) in [5, 5.41) is 9.13. The van der Waals surface area contributed by atoms with Crippen LogP contribution in [-0.4, -0.2) is 70.3 Å². The summed E-state index contributed by atoms with van der Waals surface area (Å²) >= 11 is 1.49. The fraction of sp³-hybridized carbons (Fsp3) is 0.429. The quantitative estimate of drug-likeness (QED) is 0.465. The first kappa shape index (κ1) is 21.1. The Labute approximate surface area is 186 Å². The van der Waals surface area contributed by atoms with E-state index in [1.165, 1.54) is 11.5 Å². The van der Waals surface area contributed by atoms with Crippen LogP contribution < -0.4 is 15.0 Å². The molecule has 1 saturated heterocycles. The molecule has 0 atom stereocenters. The number of guanidine groups is 1. The molecule has 0 aliphatic carbocycles. The van der Waals surface area contributed by atoms with Gasteiger partial charge < -0.3 is 19.9 Å². The van der Waals surface area contributed by atoms with Gasteiger partial charge in [-0.25, -0.2) is 9.67 Å². The number of aromatic nitrogens is 4. The first-order valence-electron chi connectivity index (χ1n) is 10.4. The van der Waals surface area contributed by atoms with Crippen LogP contribution in [0.5, 0.6) is 5.75 Å². The molecule has 2 aromatic heterocycles. The molecule has 1 aliphatic heterocycles. The van der Waals surface area contributed by atoms with Gasteiger partial charge in [-0.1, -0.05) is 6.92 Å². The number of piperazine rings is 1. The zero-order chi connectivity index (χ0) is 21.6. The third-order valence-corrected chi connectivity index (χ3v) is 6.06. The first-order chi connectivity index (χ1) is 15.2. The number of benzene rings is 1. The average molecular weight is 441 g/mol. The van der Waals surface area contributed by atoms with E-state index < -0.39 is 0 Å². The second-order valence-electron chi connectivity index (χ2n) is 7.17. The summed E-state index contributed by atoms with van der Waals surface area (Å²) in [6.45, 7) is 6.30. The van der Waals surface area contributed by atoms with Crippen molar-refractivity contribution in [2.24, 2.45) is 4.99 Å². The molecule has 0 unspecified atom stereocenters. The van der Waals surface area contributed by atoms with Crippen molar-refractivity contribution in [2.75, 3.05) is 45.2 Å². The summed E-state index contributed by atoms with van der Waals surface area (Å²) in [5.74, 6) is 2.65. The second-order valence-corrected chi connectivity index (χ2v) is 7.90. The van der Waals surface area contributed by atoms with Crippen molar-refractivity contribution in [1.82, 2.24) is 29.4 Å². The minimum absolute atomic E-state index is 0.617. The van der Waals surface area contributed by atoms with Crippen molar-refractivity contribution < 1.29 is 4.74 Å². The molecular weight excluding hydrogens is 412 g/mol. The number of rotatable bonds is 6. The summed E-state index contributed by atoms with van der Waals surface area (Å²) in [6.07, 6.45) is 2.84. The SMILES string of the molecule is CCc1nsc(N2CCN(C(=NC)NCc3ccn(-c4ccc(OC)cc4)n3)CC2)n1.